The van der Waals surface area contributed by atoms with Crippen molar-refractivity contribution in [1.82, 2.24) is 0 Å². The molecule has 0 radical (unpaired) electrons. The zero-order valence-corrected chi connectivity index (χ0v) is 9.15. The summed E-state index contributed by atoms with van der Waals surface area (Å²) in [6.07, 6.45) is 2.55. The summed E-state index contributed by atoms with van der Waals surface area (Å²) in [6.45, 7) is 3.34. The first-order valence-electron chi connectivity index (χ1n) is 5.82. The van der Waals surface area contributed by atoms with Crippen LogP contribution >= 0.6 is 0 Å². The molecule has 0 spiro atoms. The average molecular weight is 215 g/mol. The predicted molar refractivity (Wildman–Crippen MR) is 56.5 cm³/mol. The third kappa shape index (κ3) is 2.18. The van der Waals surface area contributed by atoms with Crippen LogP contribution in [-0.2, 0) is 9.47 Å². The van der Waals surface area contributed by atoms with E-state index in [9.17, 15) is 5.11 Å². The van der Waals surface area contributed by atoms with Crippen LogP contribution in [0.25, 0.3) is 0 Å². The van der Waals surface area contributed by atoms with E-state index in [2.05, 4.69) is 0 Å². The first-order valence-corrected chi connectivity index (χ1v) is 5.82. The van der Waals surface area contributed by atoms with Crippen LogP contribution in [0.3, 0.4) is 0 Å². The number of rotatable bonds is 3. The lowest BCUT2D eigenvalue weighted by Crippen LogP contribution is -2.51. The van der Waals surface area contributed by atoms with Crippen LogP contribution in [0.2, 0.25) is 0 Å². The van der Waals surface area contributed by atoms with Crippen molar-refractivity contribution in [2.24, 2.45) is 17.1 Å². The topological polar surface area (TPSA) is 64.7 Å². The molecule has 3 N–H and O–H groups in total. The Morgan fingerprint density at radius 2 is 2.27 bits per heavy atom. The third-order valence-corrected chi connectivity index (χ3v) is 3.80. The van der Waals surface area contributed by atoms with Crippen molar-refractivity contribution >= 4 is 0 Å². The summed E-state index contributed by atoms with van der Waals surface area (Å²) in [5.41, 5.74) is 5.60. The van der Waals surface area contributed by atoms with Crippen LogP contribution in [0, 0.1) is 11.3 Å². The molecule has 15 heavy (non-hydrogen) atoms. The number of nitrogens with two attached hydrogens (primary N) is 1. The van der Waals surface area contributed by atoms with Crippen molar-refractivity contribution in [3.63, 3.8) is 0 Å². The van der Waals surface area contributed by atoms with E-state index in [4.69, 9.17) is 15.2 Å². The van der Waals surface area contributed by atoms with Gasteiger partial charge in [-0.05, 0) is 19.3 Å². The number of aliphatic hydroxyl groups is 1. The van der Waals surface area contributed by atoms with Crippen LogP contribution in [0.4, 0.5) is 0 Å². The van der Waals surface area contributed by atoms with E-state index in [1.165, 1.54) is 0 Å². The third-order valence-electron chi connectivity index (χ3n) is 3.80. The maximum absolute atomic E-state index is 10.4. The van der Waals surface area contributed by atoms with E-state index >= 15 is 0 Å². The fourth-order valence-corrected chi connectivity index (χ4v) is 2.69. The van der Waals surface area contributed by atoms with Gasteiger partial charge in [0.05, 0.1) is 19.3 Å². The molecule has 2 aliphatic heterocycles. The van der Waals surface area contributed by atoms with Crippen molar-refractivity contribution in [3.8, 4) is 0 Å². The lowest BCUT2D eigenvalue weighted by atomic mass is 9.72. The highest BCUT2D eigenvalue weighted by Gasteiger charge is 2.43. The van der Waals surface area contributed by atoms with Gasteiger partial charge in [0.1, 0.15) is 0 Å². The van der Waals surface area contributed by atoms with E-state index in [1.807, 2.05) is 0 Å². The van der Waals surface area contributed by atoms with Crippen LogP contribution in [-0.4, -0.2) is 44.2 Å². The highest BCUT2D eigenvalue weighted by Crippen LogP contribution is 2.37. The Morgan fingerprint density at radius 1 is 1.40 bits per heavy atom. The second kappa shape index (κ2) is 4.78. The van der Waals surface area contributed by atoms with Gasteiger partial charge < -0.3 is 20.3 Å². The number of hydrogen-bond acceptors (Lipinski definition) is 4. The van der Waals surface area contributed by atoms with Gasteiger partial charge in [-0.25, -0.2) is 0 Å². The molecule has 0 aromatic heterocycles. The lowest BCUT2D eigenvalue weighted by Gasteiger charge is -2.42. The van der Waals surface area contributed by atoms with Gasteiger partial charge in [-0.3, -0.25) is 0 Å². The zero-order chi connectivity index (χ0) is 10.7. The molecule has 2 fully saturated rings. The molecule has 4 nitrogen and oxygen atoms in total. The summed E-state index contributed by atoms with van der Waals surface area (Å²) in [5, 5.41) is 10.4. The van der Waals surface area contributed by atoms with Crippen molar-refractivity contribution in [2.75, 3.05) is 33.0 Å². The van der Waals surface area contributed by atoms with E-state index < -0.39 is 0 Å². The first-order chi connectivity index (χ1) is 7.28. The summed E-state index contributed by atoms with van der Waals surface area (Å²) in [4.78, 5) is 0. The highest BCUT2D eigenvalue weighted by molar-refractivity contribution is 4.93. The molecule has 4 heteroatoms. The molecule has 0 aromatic rings. The normalized spacial score (nSPS) is 39.2. The van der Waals surface area contributed by atoms with Gasteiger partial charge in [-0.15, -0.1) is 0 Å². The summed E-state index contributed by atoms with van der Waals surface area (Å²) >= 11 is 0. The monoisotopic (exact) mass is 215 g/mol. The molecule has 88 valence electrons. The van der Waals surface area contributed by atoms with Crippen molar-refractivity contribution in [3.05, 3.63) is 0 Å². The Hall–Kier alpha value is -0.160. The molecule has 0 bridgehead atoms. The first kappa shape index (κ1) is 11.3. The molecular weight excluding hydrogens is 194 g/mol. The summed E-state index contributed by atoms with van der Waals surface area (Å²) in [6, 6.07) is 0. The van der Waals surface area contributed by atoms with Crippen LogP contribution in [0.1, 0.15) is 19.3 Å². The Labute approximate surface area is 90.7 Å². The second-order valence-electron chi connectivity index (χ2n) is 4.79. The second-order valence-corrected chi connectivity index (χ2v) is 4.79. The molecule has 3 atom stereocenters. The summed E-state index contributed by atoms with van der Waals surface area (Å²) < 4.78 is 10.8. The Kier molecular flexibility index (Phi) is 3.61. The lowest BCUT2D eigenvalue weighted by molar-refractivity contribution is -0.0978. The number of hydrogen-bond donors (Lipinski definition) is 2. The minimum Gasteiger partial charge on any atom is -0.392 e. The van der Waals surface area contributed by atoms with Gasteiger partial charge in [0, 0.05) is 31.1 Å². The SMILES string of the molecule is NCC1(C(O)C2CCOC2)CCCOC1. The number of aliphatic hydroxyl groups excluding tert-OH is 1. The largest absolute Gasteiger partial charge is 0.392 e. The molecule has 0 saturated carbocycles. The number of ether oxygens (including phenoxy) is 2. The van der Waals surface area contributed by atoms with Gasteiger partial charge >= 0.3 is 0 Å². The fraction of sp³-hybridized carbons (Fsp3) is 1.00. The molecule has 0 aromatic carbocycles. The van der Waals surface area contributed by atoms with Gasteiger partial charge in [0.25, 0.3) is 0 Å². The molecule has 2 rings (SSSR count). The maximum atomic E-state index is 10.4. The van der Waals surface area contributed by atoms with Crippen molar-refractivity contribution < 1.29 is 14.6 Å². The Morgan fingerprint density at radius 3 is 2.80 bits per heavy atom. The van der Waals surface area contributed by atoms with Gasteiger partial charge in [0.15, 0.2) is 0 Å². The fourth-order valence-electron chi connectivity index (χ4n) is 2.69. The van der Waals surface area contributed by atoms with Crippen LogP contribution in [0.15, 0.2) is 0 Å². The maximum Gasteiger partial charge on any atom is 0.0681 e. The molecule has 2 saturated heterocycles. The van der Waals surface area contributed by atoms with Crippen molar-refractivity contribution in [1.29, 1.82) is 0 Å². The van der Waals surface area contributed by atoms with Crippen molar-refractivity contribution in [2.45, 2.75) is 25.4 Å². The van der Waals surface area contributed by atoms with E-state index in [0.717, 1.165) is 32.5 Å². The molecule has 3 unspecified atom stereocenters. The zero-order valence-electron chi connectivity index (χ0n) is 9.15. The Balaban J connectivity index is 2.02. The summed E-state index contributed by atoms with van der Waals surface area (Å²) in [5.74, 6) is 0.246. The Bertz CT molecular complexity index is 198. The summed E-state index contributed by atoms with van der Waals surface area (Å²) in [7, 11) is 0. The molecule has 2 heterocycles. The quantitative estimate of drug-likeness (QED) is 0.703. The molecule has 0 amide bonds. The van der Waals surface area contributed by atoms with E-state index in [0.29, 0.717) is 19.8 Å². The van der Waals surface area contributed by atoms with Gasteiger partial charge in [-0.1, -0.05) is 0 Å². The highest BCUT2D eigenvalue weighted by atomic mass is 16.5. The van der Waals surface area contributed by atoms with Gasteiger partial charge in [-0.2, -0.15) is 0 Å². The minimum absolute atomic E-state index is 0.226. The predicted octanol–water partition coefficient (Wildman–Crippen LogP) is 0.139. The van der Waals surface area contributed by atoms with E-state index in [-0.39, 0.29) is 17.4 Å². The minimum atomic E-state index is -0.370. The van der Waals surface area contributed by atoms with E-state index in [1.54, 1.807) is 0 Å². The van der Waals surface area contributed by atoms with Gasteiger partial charge in [0.2, 0.25) is 0 Å². The van der Waals surface area contributed by atoms with Crippen LogP contribution < -0.4 is 5.73 Å². The average Bonchev–Trinajstić information content (AvgIpc) is 2.82. The molecule has 2 aliphatic rings. The van der Waals surface area contributed by atoms with Crippen LogP contribution in [0.5, 0.6) is 0 Å². The standard InChI is InChI=1S/C11H21NO3/c12-7-11(3-1-4-15-8-11)10(13)9-2-5-14-6-9/h9-10,13H,1-8,12H2. The smallest absolute Gasteiger partial charge is 0.0681 e. The molecule has 0 aliphatic carbocycles. The molecular formula is C11H21NO3.